The number of carbonyl (C=O) groups is 1. The Morgan fingerprint density at radius 2 is 2.00 bits per heavy atom. The largest absolute Gasteiger partial charge is 0.444 e. The lowest BCUT2D eigenvalue weighted by Crippen LogP contribution is -2.46. The number of nitrogens with zero attached hydrogens (tertiary/aromatic N) is 2. The van der Waals surface area contributed by atoms with Crippen molar-refractivity contribution in [2.75, 3.05) is 19.8 Å². The molecule has 146 valence electrons. The van der Waals surface area contributed by atoms with Crippen LogP contribution in [0.3, 0.4) is 0 Å². The molecular formula is C22H25N3O3. The zero-order valence-electron chi connectivity index (χ0n) is 16.4. The second-order valence-electron chi connectivity index (χ2n) is 8.01. The molecule has 6 heteroatoms. The van der Waals surface area contributed by atoms with Crippen molar-refractivity contribution in [1.29, 1.82) is 0 Å². The maximum Gasteiger partial charge on any atom is 0.411 e. The van der Waals surface area contributed by atoms with Gasteiger partial charge in [-0.05, 0) is 37.6 Å². The molecular weight excluding hydrogens is 354 g/mol. The molecule has 1 aliphatic heterocycles. The summed E-state index contributed by atoms with van der Waals surface area (Å²) < 4.78 is 11.2. The standard InChI is InChI=1S/C22H25N3O3/c1-22(2,3)28-21(26)25-10-11-27-14-19(25)20-23-13-18(24-20)17-9-8-15-6-4-5-7-16(15)12-17/h4-9,12-13,19H,10-11,14H2,1-3H3,(H,23,24)/t19-/m0/s1. The molecule has 1 fully saturated rings. The minimum Gasteiger partial charge on any atom is -0.444 e. The van der Waals surface area contributed by atoms with Crippen LogP contribution in [0.25, 0.3) is 22.0 Å². The van der Waals surface area contributed by atoms with Crippen LogP contribution < -0.4 is 0 Å². The molecule has 0 spiro atoms. The van der Waals surface area contributed by atoms with E-state index in [1.165, 1.54) is 10.8 Å². The number of rotatable bonds is 2. The Morgan fingerprint density at radius 1 is 1.21 bits per heavy atom. The highest BCUT2D eigenvalue weighted by Gasteiger charge is 2.33. The second kappa shape index (κ2) is 7.28. The lowest BCUT2D eigenvalue weighted by Gasteiger charge is -2.35. The van der Waals surface area contributed by atoms with E-state index in [4.69, 9.17) is 9.47 Å². The molecule has 0 aliphatic carbocycles. The molecule has 0 bridgehead atoms. The molecule has 28 heavy (non-hydrogen) atoms. The van der Waals surface area contributed by atoms with Gasteiger partial charge in [0.2, 0.25) is 0 Å². The molecule has 1 atom stereocenters. The Kier molecular flexibility index (Phi) is 4.81. The SMILES string of the molecule is CC(C)(C)OC(=O)N1CCOC[C@H]1c1ncc(-c2ccc3ccccc3c2)[nH]1. The first-order valence-electron chi connectivity index (χ1n) is 9.52. The zero-order valence-corrected chi connectivity index (χ0v) is 16.4. The highest BCUT2D eigenvalue weighted by Crippen LogP contribution is 2.28. The van der Waals surface area contributed by atoms with Crippen LogP contribution in [0.5, 0.6) is 0 Å². The fourth-order valence-corrected chi connectivity index (χ4v) is 3.38. The minimum atomic E-state index is -0.542. The van der Waals surface area contributed by atoms with Gasteiger partial charge in [0, 0.05) is 12.1 Å². The van der Waals surface area contributed by atoms with E-state index < -0.39 is 5.60 Å². The maximum atomic E-state index is 12.6. The van der Waals surface area contributed by atoms with Gasteiger partial charge < -0.3 is 14.5 Å². The quantitative estimate of drug-likeness (QED) is 0.710. The Hall–Kier alpha value is -2.86. The number of hydrogen-bond acceptors (Lipinski definition) is 4. The fraction of sp³-hybridized carbons (Fsp3) is 0.364. The van der Waals surface area contributed by atoms with E-state index in [1.54, 1.807) is 11.1 Å². The van der Waals surface area contributed by atoms with Gasteiger partial charge in [-0.2, -0.15) is 0 Å². The van der Waals surface area contributed by atoms with E-state index in [-0.39, 0.29) is 12.1 Å². The highest BCUT2D eigenvalue weighted by atomic mass is 16.6. The number of aromatic nitrogens is 2. The Balaban J connectivity index is 1.60. The van der Waals surface area contributed by atoms with Gasteiger partial charge in [-0.25, -0.2) is 9.78 Å². The van der Waals surface area contributed by atoms with Crippen LogP contribution in [0, 0.1) is 0 Å². The van der Waals surface area contributed by atoms with Gasteiger partial charge in [0.15, 0.2) is 0 Å². The smallest absolute Gasteiger partial charge is 0.411 e. The highest BCUT2D eigenvalue weighted by molar-refractivity contribution is 5.86. The van der Waals surface area contributed by atoms with Crippen molar-refractivity contribution < 1.29 is 14.3 Å². The Labute approximate surface area is 164 Å². The van der Waals surface area contributed by atoms with Gasteiger partial charge in [-0.15, -0.1) is 0 Å². The molecule has 1 amide bonds. The summed E-state index contributed by atoms with van der Waals surface area (Å²) >= 11 is 0. The predicted octanol–water partition coefficient (Wildman–Crippen LogP) is 4.54. The lowest BCUT2D eigenvalue weighted by molar-refractivity contribution is -0.0349. The van der Waals surface area contributed by atoms with E-state index >= 15 is 0 Å². The summed E-state index contributed by atoms with van der Waals surface area (Å²) in [5.41, 5.74) is 1.42. The lowest BCUT2D eigenvalue weighted by atomic mass is 10.1. The van der Waals surface area contributed by atoms with Crippen molar-refractivity contribution >= 4 is 16.9 Å². The van der Waals surface area contributed by atoms with Crippen LogP contribution in [0.15, 0.2) is 48.7 Å². The molecule has 1 aliphatic rings. The predicted molar refractivity (Wildman–Crippen MR) is 108 cm³/mol. The summed E-state index contributed by atoms with van der Waals surface area (Å²) in [5, 5.41) is 2.37. The summed E-state index contributed by atoms with van der Waals surface area (Å²) in [6.45, 7) is 6.96. The van der Waals surface area contributed by atoms with Crippen molar-refractivity contribution in [2.45, 2.75) is 32.4 Å². The van der Waals surface area contributed by atoms with Crippen LogP contribution >= 0.6 is 0 Å². The maximum absolute atomic E-state index is 12.6. The number of amides is 1. The first-order valence-corrected chi connectivity index (χ1v) is 9.52. The molecule has 4 rings (SSSR count). The third kappa shape index (κ3) is 3.87. The number of H-pyrrole nitrogens is 1. The van der Waals surface area contributed by atoms with Crippen molar-refractivity contribution in [3.05, 3.63) is 54.5 Å². The first-order chi connectivity index (χ1) is 13.4. The van der Waals surface area contributed by atoms with Gasteiger partial charge in [0.1, 0.15) is 17.5 Å². The summed E-state index contributed by atoms with van der Waals surface area (Å²) in [6.07, 6.45) is 1.46. The van der Waals surface area contributed by atoms with Crippen LogP contribution in [0.1, 0.15) is 32.6 Å². The normalized spacial score (nSPS) is 17.7. The number of nitrogens with one attached hydrogen (secondary N) is 1. The average molecular weight is 379 g/mol. The Morgan fingerprint density at radius 3 is 2.79 bits per heavy atom. The number of imidazole rings is 1. The van der Waals surface area contributed by atoms with Gasteiger partial charge in [0.05, 0.1) is 25.1 Å². The third-order valence-corrected chi connectivity index (χ3v) is 4.73. The van der Waals surface area contributed by atoms with Crippen molar-refractivity contribution in [2.24, 2.45) is 0 Å². The van der Waals surface area contributed by atoms with Crippen LogP contribution in [0.2, 0.25) is 0 Å². The van der Waals surface area contributed by atoms with Gasteiger partial charge in [-0.3, -0.25) is 4.90 Å². The van der Waals surface area contributed by atoms with E-state index in [0.717, 1.165) is 11.3 Å². The molecule has 1 saturated heterocycles. The van der Waals surface area contributed by atoms with E-state index in [9.17, 15) is 4.79 Å². The molecule has 0 radical (unpaired) electrons. The van der Waals surface area contributed by atoms with E-state index in [1.807, 2.05) is 32.9 Å². The number of ether oxygens (including phenoxy) is 2. The molecule has 2 aromatic carbocycles. The van der Waals surface area contributed by atoms with Crippen LogP contribution in [-0.2, 0) is 9.47 Å². The van der Waals surface area contributed by atoms with Crippen LogP contribution in [0.4, 0.5) is 4.79 Å². The van der Waals surface area contributed by atoms with Gasteiger partial charge in [0.25, 0.3) is 0 Å². The number of carbonyl (C=O) groups excluding carboxylic acids is 1. The number of benzene rings is 2. The minimum absolute atomic E-state index is 0.294. The number of hydrogen-bond donors (Lipinski definition) is 1. The summed E-state index contributed by atoms with van der Waals surface area (Å²) in [6, 6.07) is 14.3. The van der Waals surface area contributed by atoms with Crippen molar-refractivity contribution in [3.8, 4) is 11.3 Å². The molecule has 2 heterocycles. The number of fused-ring (bicyclic) bond motifs is 1. The molecule has 0 saturated carbocycles. The molecule has 6 nitrogen and oxygen atoms in total. The summed E-state index contributed by atoms with van der Waals surface area (Å²) in [7, 11) is 0. The van der Waals surface area contributed by atoms with E-state index in [0.29, 0.717) is 25.6 Å². The zero-order chi connectivity index (χ0) is 19.7. The summed E-state index contributed by atoms with van der Waals surface area (Å²) in [4.78, 5) is 22.2. The molecule has 3 aromatic rings. The first kappa shape index (κ1) is 18.5. The van der Waals surface area contributed by atoms with Crippen molar-refractivity contribution in [1.82, 2.24) is 14.9 Å². The van der Waals surface area contributed by atoms with Gasteiger partial charge in [-0.1, -0.05) is 36.4 Å². The van der Waals surface area contributed by atoms with Crippen LogP contribution in [-0.4, -0.2) is 46.3 Å². The number of morpholine rings is 1. The van der Waals surface area contributed by atoms with E-state index in [2.05, 4.69) is 40.3 Å². The fourth-order valence-electron chi connectivity index (χ4n) is 3.38. The monoisotopic (exact) mass is 379 g/mol. The van der Waals surface area contributed by atoms with Gasteiger partial charge >= 0.3 is 6.09 Å². The molecule has 1 N–H and O–H groups in total. The Bertz CT molecular complexity index is 990. The number of aromatic amines is 1. The molecule has 1 aromatic heterocycles. The molecule has 0 unspecified atom stereocenters. The van der Waals surface area contributed by atoms with Crippen molar-refractivity contribution in [3.63, 3.8) is 0 Å². The topological polar surface area (TPSA) is 67.4 Å². The second-order valence-corrected chi connectivity index (χ2v) is 8.01. The summed E-state index contributed by atoms with van der Waals surface area (Å²) in [5.74, 6) is 0.703. The average Bonchev–Trinajstić information content (AvgIpc) is 3.16. The third-order valence-electron chi connectivity index (χ3n) is 4.73.